The molecule has 0 saturated carbocycles. The van der Waals surface area contributed by atoms with Crippen molar-refractivity contribution in [3.05, 3.63) is 40.6 Å². The second-order valence-electron chi connectivity index (χ2n) is 4.49. The fourth-order valence-electron chi connectivity index (χ4n) is 1.98. The van der Waals surface area contributed by atoms with Crippen LogP contribution in [0.5, 0.6) is 0 Å². The Morgan fingerprint density at radius 3 is 2.90 bits per heavy atom. The van der Waals surface area contributed by atoms with Crippen molar-refractivity contribution < 1.29 is 5.11 Å². The molecule has 3 rings (SSSR count). The monoisotopic (exact) mass is 306 g/mol. The Bertz CT molecular complexity index is 845. The molecule has 108 valence electrons. The molecule has 9 heteroatoms. The van der Waals surface area contributed by atoms with Gasteiger partial charge in [0, 0.05) is 0 Å². The largest absolute Gasteiger partial charge is 0.394 e. The molecule has 0 unspecified atom stereocenters. The number of fused-ring (bicyclic) bond motifs is 1. The lowest BCUT2D eigenvalue weighted by atomic mass is 10.2. The maximum absolute atomic E-state index is 12.5. The van der Waals surface area contributed by atoms with Gasteiger partial charge in [-0.3, -0.25) is 9.36 Å². The minimum atomic E-state index is -0.379. The van der Waals surface area contributed by atoms with Gasteiger partial charge in [-0.25, -0.2) is 19.6 Å². The second-order valence-corrected chi connectivity index (χ2v) is 4.88. The summed E-state index contributed by atoms with van der Waals surface area (Å²) in [5.74, 6) is 0.330. The highest BCUT2D eigenvalue weighted by Gasteiger charge is 2.15. The van der Waals surface area contributed by atoms with Crippen molar-refractivity contribution in [1.82, 2.24) is 29.3 Å². The number of hydrogen-bond acceptors (Lipinski definition) is 6. The molecule has 1 N–H and O–H groups in total. The summed E-state index contributed by atoms with van der Waals surface area (Å²) in [5, 5.41) is 13.6. The zero-order valence-electron chi connectivity index (χ0n) is 11.0. The van der Waals surface area contributed by atoms with Crippen LogP contribution in [0.4, 0.5) is 0 Å². The number of pyridine rings is 1. The fraction of sp³-hybridized carbons (Fsp3) is 0.250. The van der Waals surface area contributed by atoms with Gasteiger partial charge in [0.05, 0.1) is 24.4 Å². The van der Waals surface area contributed by atoms with Gasteiger partial charge in [0.1, 0.15) is 23.3 Å². The van der Waals surface area contributed by atoms with Crippen LogP contribution in [0.1, 0.15) is 13.0 Å². The van der Waals surface area contributed by atoms with E-state index in [2.05, 4.69) is 20.1 Å². The summed E-state index contributed by atoms with van der Waals surface area (Å²) in [7, 11) is 0. The number of aliphatic hydroxyl groups excluding tert-OH is 1. The molecule has 3 aromatic heterocycles. The molecule has 3 heterocycles. The van der Waals surface area contributed by atoms with Gasteiger partial charge in [-0.2, -0.15) is 5.10 Å². The van der Waals surface area contributed by atoms with Crippen LogP contribution >= 0.6 is 11.6 Å². The Kier molecular flexibility index (Phi) is 3.40. The van der Waals surface area contributed by atoms with Gasteiger partial charge in [-0.1, -0.05) is 11.6 Å². The predicted octanol–water partition coefficient (Wildman–Crippen LogP) is 0.579. The Labute approximate surface area is 123 Å². The molecule has 8 nitrogen and oxygen atoms in total. The second kappa shape index (κ2) is 5.23. The molecular weight excluding hydrogens is 296 g/mol. The summed E-state index contributed by atoms with van der Waals surface area (Å²) < 4.78 is 2.74. The van der Waals surface area contributed by atoms with Crippen LogP contribution < -0.4 is 5.56 Å². The number of nitrogens with zero attached hydrogens (tertiary/aromatic N) is 6. The third kappa shape index (κ3) is 2.28. The molecule has 0 radical (unpaired) electrons. The zero-order valence-corrected chi connectivity index (χ0v) is 11.8. The standard InChI is InChI=1S/C12H11ClN6O2/c1-7(3-20)18-6-15-10-8(12(18)21)2-9(13)17-11(10)19-5-14-4-16-19/h2,4-7,20H,3H2,1H3/t7-/m0/s1. The van der Waals surface area contributed by atoms with Gasteiger partial charge < -0.3 is 5.11 Å². The third-order valence-electron chi connectivity index (χ3n) is 3.09. The third-order valence-corrected chi connectivity index (χ3v) is 3.29. The van der Waals surface area contributed by atoms with E-state index in [1.807, 2.05) is 0 Å². The van der Waals surface area contributed by atoms with Crippen LogP contribution in [-0.4, -0.2) is 41.0 Å². The SMILES string of the molecule is C[C@@H](CO)n1cnc2c(-n3cncn3)nc(Cl)cc2c1=O. The quantitative estimate of drug-likeness (QED) is 0.711. The van der Waals surface area contributed by atoms with Gasteiger partial charge in [0.2, 0.25) is 0 Å². The van der Waals surface area contributed by atoms with E-state index >= 15 is 0 Å². The number of halogens is 1. The Hall–Kier alpha value is -2.32. The minimum Gasteiger partial charge on any atom is -0.394 e. The van der Waals surface area contributed by atoms with Crippen molar-refractivity contribution in [1.29, 1.82) is 0 Å². The summed E-state index contributed by atoms with van der Waals surface area (Å²) >= 11 is 5.98. The zero-order chi connectivity index (χ0) is 15.0. The van der Waals surface area contributed by atoms with Crippen molar-refractivity contribution in [2.45, 2.75) is 13.0 Å². The number of rotatable bonds is 3. The average Bonchev–Trinajstić information content (AvgIpc) is 3.01. The van der Waals surface area contributed by atoms with E-state index < -0.39 is 0 Å². The predicted molar refractivity (Wildman–Crippen MR) is 75.5 cm³/mol. The van der Waals surface area contributed by atoms with Gasteiger partial charge in [-0.15, -0.1) is 0 Å². The molecule has 0 amide bonds. The molecule has 0 fully saturated rings. The summed E-state index contributed by atoms with van der Waals surface area (Å²) in [6.45, 7) is 1.55. The fourth-order valence-corrected chi connectivity index (χ4v) is 2.16. The van der Waals surface area contributed by atoms with Crippen LogP contribution in [0.25, 0.3) is 16.7 Å². The van der Waals surface area contributed by atoms with Gasteiger partial charge in [0.25, 0.3) is 5.56 Å². The van der Waals surface area contributed by atoms with Crippen molar-refractivity contribution in [2.24, 2.45) is 0 Å². The van der Waals surface area contributed by atoms with Crippen LogP contribution in [-0.2, 0) is 0 Å². The molecule has 0 aromatic carbocycles. The molecule has 0 spiro atoms. The highest BCUT2D eigenvalue weighted by atomic mass is 35.5. The van der Waals surface area contributed by atoms with Crippen molar-refractivity contribution in [3.8, 4) is 5.82 Å². The molecule has 0 aliphatic carbocycles. The minimum absolute atomic E-state index is 0.154. The maximum atomic E-state index is 12.5. The number of hydrogen-bond donors (Lipinski definition) is 1. The first kappa shape index (κ1) is 13.7. The molecular formula is C12H11ClN6O2. The molecule has 0 bridgehead atoms. The Morgan fingerprint density at radius 2 is 2.24 bits per heavy atom. The summed E-state index contributed by atoms with van der Waals surface area (Å²) in [6, 6.07) is 1.07. The van der Waals surface area contributed by atoms with Gasteiger partial charge in [-0.05, 0) is 13.0 Å². The van der Waals surface area contributed by atoms with Gasteiger partial charge in [0.15, 0.2) is 5.82 Å². The lowest BCUT2D eigenvalue weighted by Gasteiger charge is -2.13. The van der Waals surface area contributed by atoms with E-state index in [0.29, 0.717) is 16.7 Å². The lowest BCUT2D eigenvalue weighted by Crippen LogP contribution is -2.26. The van der Waals surface area contributed by atoms with E-state index in [0.717, 1.165) is 0 Å². The van der Waals surface area contributed by atoms with Crippen LogP contribution in [0, 0.1) is 0 Å². The normalized spacial score (nSPS) is 12.7. The van der Waals surface area contributed by atoms with E-state index in [4.69, 9.17) is 11.6 Å². The summed E-state index contributed by atoms with van der Waals surface area (Å²) in [5.41, 5.74) is 0.0727. The lowest BCUT2D eigenvalue weighted by molar-refractivity contribution is 0.236. The van der Waals surface area contributed by atoms with E-state index in [-0.39, 0.29) is 23.4 Å². The first-order valence-electron chi connectivity index (χ1n) is 6.15. The topological polar surface area (TPSA) is 98.7 Å². The molecule has 0 aliphatic heterocycles. The van der Waals surface area contributed by atoms with Crippen molar-refractivity contribution >= 4 is 22.5 Å². The Morgan fingerprint density at radius 1 is 1.43 bits per heavy atom. The van der Waals surface area contributed by atoms with Crippen LogP contribution in [0.15, 0.2) is 29.8 Å². The average molecular weight is 307 g/mol. The first-order valence-corrected chi connectivity index (χ1v) is 6.53. The number of aromatic nitrogens is 6. The highest BCUT2D eigenvalue weighted by Crippen LogP contribution is 2.19. The summed E-state index contributed by atoms with van der Waals surface area (Å²) in [4.78, 5) is 24.7. The van der Waals surface area contributed by atoms with Crippen LogP contribution in [0.2, 0.25) is 5.15 Å². The highest BCUT2D eigenvalue weighted by molar-refractivity contribution is 6.30. The van der Waals surface area contributed by atoms with E-state index in [9.17, 15) is 9.90 Å². The maximum Gasteiger partial charge on any atom is 0.261 e. The van der Waals surface area contributed by atoms with Crippen molar-refractivity contribution in [2.75, 3.05) is 6.61 Å². The molecule has 3 aromatic rings. The smallest absolute Gasteiger partial charge is 0.261 e. The molecule has 0 saturated heterocycles. The number of aliphatic hydroxyl groups is 1. The molecule has 1 atom stereocenters. The molecule has 0 aliphatic rings. The van der Waals surface area contributed by atoms with E-state index in [1.165, 1.54) is 34.3 Å². The first-order chi connectivity index (χ1) is 10.1. The van der Waals surface area contributed by atoms with Gasteiger partial charge >= 0.3 is 0 Å². The summed E-state index contributed by atoms with van der Waals surface area (Å²) in [6.07, 6.45) is 4.17. The molecule has 21 heavy (non-hydrogen) atoms. The van der Waals surface area contributed by atoms with E-state index in [1.54, 1.807) is 6.92 Å². The van der Waals surface area contributed by atoms with Crippen LogP contribution in [0.3, 0.4) is 0 Å². The van der Waals surface area contributed by atoms with Crippen molar-refractivity contribution in [3.63, 3.8) is 0 Å². The Balaban J connectivity index is 2.34.